The lowest BCUT2D eigenvalue weighted by Gasteiger charge is -2.41. The van der Waals surface area contributed by atoms with Crippen LogP contribution < -0.4 is 5.32 Å². The Morgan fingerprint density at radius 2 is 2.14 bits per heavy atom. The van der Waals surface area contributed by atoms with Crippen LogP contribution in [0.15, 0.2) is 48.4 Å². The number of halogens is 1. The van der Waals surface area contributed by atoms with E-state index >= 15 is 0 Å². The van der Waals surface area contributed by atoms with Gasteiger partial charge in [0, 0.05) is 24.3 Å². The maximum absolute atomic E-state index is 14.2. The predicted octanol–water partition coefficient (Wildman–Crippen LogP) is 1.96. The van der Waals surface area contributed by atoms with Gasteiger partial charge in [0.05, 0.1) is 12.1 Å². The number of allylic oxidation sites excluding steroid dienone is 7. The third kappa shape index (κ3) is 1.28. The summed E-state index contributed by atoms with van der Waals surface area (Å²) in [4.78, 5) is 0. The molecule has 0 saturated heterocycles. The van der Waals surface area contributed by atoms with Crippen LogP contribution in [0, 0.1) is 11.8 Å². The van der Waals surface area contributed by atoms with Crippen molar-refractivity contribution in [2.24, 2.45) is 11.8 Å². The molecule has 1 N–H and O–H groups in total. The van der Waals surface area contributed by atoms with Gasteiger partial charge in [-0.1, -0.05) is 30.4 Å². The maximum Gasteiger partial charge on any atom is 0.147 e. The van der Waals surface area contributed by atoms with Gasteiger partial charge in [0.2, 0.25) is 0 Å². The number of nitrogens with zero attached hydrogens (tertiary/aromatic N) is 3. The van der Waals surface area contributed by atoms with Crippen LogP contribution >= 0.6 is 0 Å². The van der Waals surface area contributed by atoms with Crippen LogP contribution in [0.25, 0.3) is 0 Å². The van der Waals surface area contributed by atoms with Crippen molar-refractivity contribution in [2.75, 3.05) is 6.54 Å². The Hall–Kier alpha value is -2.01. The van der Waals surface area contributed by atoms with Gasteiger partial charge in [-0.05, 0) is 12.2 Å². The minimum Gasteiger partial charge on any atom is -0.309 e. The van der Waals surface area contributed by atoms with Crippen molar-refractivity contribution in [3.63, 3.8) is 0 Å². The monoisotopic (exact) mass is 282 g/mol. The van der Waals surface area contributed by atoms with Gasteiger partial charge in [0.25, 0.3) is 0 Å². The number of nitrogens with one attached hydrogen (secondary N) is 1. The second-order valence-electron chi connectivity index (χ2n) is 6.14. The van der Waals surface area contributed by atoms with Gasteiger partial charge in [-0.2, -0.15) is 0 Å². The molecule has 5 heteroatoms. The van der Waals surface area contributed by atoms with Gasteiger partial charge < -0.3 is 9.88 Å². The molecule has 0 bridgehead atoms. The van der Waals surface area contributed by atoms with Crippen molar-refractivity contribution in [1.29, 1.82) is 0 Å². The topological polar surface area (TPSA) is 42.7 Å². The Labute approximate surface area is 121 Å². The first kappa shape index (κ1) is 11.6. The van der Waals surface area contributed by atoms with Crippen molar-refractivity contribution in [2.45, 2.75) is 18.0 Å². The lowest BCUT2D eigenvalue weighted by Crippen LogP contribution is -2.45. The van der Waals surface area contributed by atoms with Gasteiger partial charge in [0.1, 0.15) is 17.5 Å². The highest BCUT2D eigenvalue weighted by atomic mass is 19.1. The Balaban J connectivity index is 1.85. The average molecular weight is 282 g/mol. The minimum absolute atomic E-state index is 0.164. The molecule has 1 spiro atoms. The van der Waals surface area contributed by atoms with E-state index in [-0.39, 0.29) is 23.6 Å². The van der Waals surface area contributed by atoms with Gasteiger partial charge >= 0.3 is 0 Å². The summed E-state index contributed by atoms with van der Waals surface area (Å²) in [6, 6.07) is 0. The van der Waals surface area contributed by atoms with Crippen LogP contribution in [0.1, 0.15) is 17.6 Å². The Morgan fingerprint density at radius 3 is 3.10 bits per heavy atom. The van der Waals surface area contributed by atoms with Crippen molar-refractivity contribution in [3.8, 4) is 0 Å². The smallest absolute Gasteiger partial charge is 0.147 e. The van der Waals surface area contributed by atoms with E-state index in [1.54, 1.807) is 12.2 Å². The zero-order chi connectivity index (χ0) is 14.0. The number of hydrogen-bond donors (Lipinski definition) is 1. The van der Waals surface area contributed by atoms with Gasteiger partial charge in [-0.3, -0.25) is 0 Å². The Bertz CT molecular complexity index is 741. The van der Waals surface area contributed by atoms with Crippen molar-refractivity contribution in [3.05, 3.63) is 60.0 Å². The van der Waals surface area contributed by atoms with E-state index in [1.165, 1.54) is 0 Å². The highest BCUT2D eigenvalue weighted by Gasteiger charge is 2.57. The number of aromatic nitrogens is 3. The highest BCUT2D eigenvalue weighted by molar-refractivity contribution is 5.41. The van der Waals surface area contributed by atoms with E-state index in [1.807, 2.05) is 6.08 Å². The summed E-state index contributed by atoms with van der Waals surface area (Å²) >= 11 is 0. The normalized spacial score (nSPS) is 38.5. The zero-order valence-corrected chi connectivity index (χ0v) is 11.4. The molecule has 4 nitrogen and oxygen atoms in total. The van der Waals surface area contributed by atoms with Crippen LogP contribution in [0.2, 0.25) is 0 Å². The quantitative estimate of drug-likeness (QED) is 0.791. The third-order valence-corrected chi connectivity index (χ3v) is 5.21. The minimum atomic E-state index is -0.414. The molecule has 0 saturated carbocycles. The van der Waals surface area contributed by atoms with E-state index in [0.29, 0.717) is 6.54 Å². The Morgan fingerprint density at radius 1 is 1.24 bits per heavy atom. The molecule has 5 rings (SSSR count). The average Bonchev–Trinajstić information content (AvgIpc) is 2.97. The summed E-state index contributed by atoms with van der Waals surface area (Å²) in [5, 5.41) is 12.2. The molecule has 4 atom stereocenters. The fourth-order valence-electron chi connectivity index (χ4n) is 4.41. The van der Waals surface area contributed by atoms with Crippen molar-refractivity contribution >= 4 is 0 Å². The summed E-state index contributed by atoms with van der Waals surface area (Å²) in [7, 11) is 0. The van der Waals surface area contributed by atoms with Crippen molar-refractivity contribution < 1.29 is 4.39 Å². The summed E-state index contributed by atoms with van der Waals surface area (Å²) in [5.41, 5.74) is -0.414. The third-order valence-electron chi connectivity index (χ3n) is 5.21. The molecular formula is C16H15FN4. The summed E-state index contributed by atoms with van der Waals surface area (Å²) < 4.78 is 16.3. The molecule has 3 unspecified atom stereocenters. The van der Waals surface area contributed by atoms with Crippen LogP contribution in [0.3, 0.4) is 0 Å². The fourth-order valence-corrected chi connectivity index (χ4v) is 4.41. The molecule has 106 valence electrons. The molecule has 0 aromatic carbocycles. The van der Waals surface area contributed by atoms with Gasteiger partial charge in [0.15, 0.2) is 0 Å². The lowest BCUT2D eigenvalue weighted by atomic mass is 9.68. The standard InChI is InChI=1S/C16H15FN4/c17-11-6-5-10-8-18-9-14-19-20-15-12-3-1-2-4-13(12)16(10,7-11)21(14)15/h1-7,10,12-13,18H,8-9H2/t10?,12?,13-,16?/m0/s1. The first-order chi connectivity index (χ1) is 10.3. The van der Waals surface area contributed by atoms with Crippen LogP contribution in [-0.2, 0) is 12.1 Å². The van der Waals surface area contributed by atoms with Gasteiger partial charge in [-0.15, -0.1) is 10.2 Å². The van der Waals surface area contributed by atoms with E-state index in [9.17, 15) is 4.39 Å². The van der Waals surface area contributed by atoms with E-state index in [2.05, 4.69) is 44.4 Å². The van der Waals surface area contributed by atoms with E-state index < -0.39 is 5.54 Å². The van der Waals surface area contributed by atoms with Crippen molar-refractivity contribution in [1.82, 2.24) is 20.1 Å². The molecule has 1 aromatic rings. The SMILES string of the molecule is FC1=CC23C(C=C1)CNCc1nnc(n12)C1C=CC=C[C@@H]13. The van der Waals surface area contributed by atoms with Gasteiger partial charge in [-0.25, -0.2) is 4.39 Å². The molecule has 2 aliphatic heterocycles. The zero-order valence-electron chi connectivity index (χ0n) is 11.4. The van der Waals surface area contributed by atoms with Crippen LogP contribution in [-0.4, -0.2) is 21.3 Å². The largest absolute Gasteiger partial charge is 0.309 e. The highest BCUT2D eigenvalue weighted by Crippen LogP contribution is 2.55. The molecule has 0 amide bonds. The number of rotatable bonds is 0. The summed E-state index contributed by atoms with van der Waals surface area (Å²) in [6.07, 6.45) is 13.9. The summed E-state index contributed by atoms with van der Waals surface area (Å²) in [5.74, 6) is 2.30. The number of fused-ring (bicyclic) bond motifs is 2. The molecular weight excluding hydrogens is 267 g/mol. The fraction of sp³-hybridized carbons (Fsp3) is 0.375. The lowest BCUT2D eigenvalue weighted by molar-refractivity contribution is 0.224. The maximum atomic E-state index is 14.2. The van der Waals surface area contributed by atoms with E-state index in [0.717, 1.165) is 18.2 Å². The van der Waals surface area contributed by atoms with Crippen LogP contribution in [0.5, 0.6) is 0 Å². The summed E-state index contributed by atoms with van der Waals surface area (Å²) in [6.45, 7) is 1.51. The molecule has 0 fully saturated rings. The van der Waals surface area contributed by atoms with Crippen LogP contribution in [0.4, 0.5) is 4.39 Å². The number of hydrogen-bond acceptors (Lipinski definition) is 3. The molecule has 2 aliphatic carbocycles. The molecule has 0 radical (unpaired) electrons. The molecule has 21 heavy (non-hydrogen) atoms. The molecule has 3 heterocycles. The second kappa shape index (κ2) is 3.80. The first-order valence-electron chi connectivity index (χ1n) is 7.37. The Kier molecular flexibility index (Phi) is 2.10. The predicted molar refractivity (Wildman–Crippen MR) is 76.0 cm³/mol. The first-order valence-corrected chi connectivity index (χ1v) is 7.37. The second-order valence-corrected chi connectivity index (χ2v) is 6.14. The molecule has 4 aliphatic rings. The van der Waals surface area contributed by atoms with E-state index in [4.69, 9.17) is 0 Å². The molecule has 1 aromatic heterocycles.